The highest BCUT2D eigenvalue weighted by Gasteiger charge is 2.24. The molecule has 0 amide bonds. The monoisotopic (exact) mass is 232 g/mol. The summed E-state index contributed by atoms with van der Waals surface area (Å²) in [6.45, 7) is 1.74. The molecule has 0 aromatic rings. The lowest BCUT2D eigenvalue weighted by Gasteiger charge is -2.21. The molecule has 0 radical (unpaired) electrons. The van der Waals surface area contributed by atoms with E-state index in [-0.39, 0.29) is 10.7 Å². The standard InChI is InChI=1S/C9H13BrO2/c1-6(9(11)12)7-4-2-3-5-8(7)10/h4,6,8H,2-3,5H2,1H3,(H,11,12). The second-order valence-electron chi connectivity index (χ2n) is 3.16. The lowest BCUT2D eigenvalue weighted by Crippen LogP contribution is -2.20. The Hall–Kier alpha value is -0.310. The third-order valence-corrected chi connectivity index (χ3v) is 3.26. The Morgan fingerprint density at radius 3 is 3.00 bits per heavy atom. The summed E-state index contributed by atoms with van der Waals surface area (Å²) in [5, 5.41) is 8.79. The van der Waals surface area contributed by atoms with Crippen LogP contribution in [0.1, 0.15) is 26.2 Å². The van der Waals surface area contributed by atoms with Gasteiger partial charge < -0.3 is 5.11 Å². The summed E-state index contributed by atoms with van der Waals surface area (Å²) >= 11 is 3.49. The Morgan fingerprint density at radius 2 is 2.50 bits per heavy atom. The average Bonchev–Trinajstić information content (AvgIpc) is 2.04. The quantitative estimate of drug-likeness (QED) is 0.587. The Bertz CT molecular complexity index is 211. The van der Waals surface area contributed by atoms with Crippen molar-refractivity contribution in [2.75, 3.05) is 0 Å². The molecule has 2 unspecified atom stereocenters. The van der Waals surface area contributed by atoms with Crippen molar-refractivity contribution in [3.63, 3.8) is 0 Å². The summed E-state index contributed by atoms with van der Waals surface area (Å²) in [6, 6.07) is 0. The van der Waals surface area contributed by atoms with Crippen LogP contribution in [0.2, 0.25) is 0 Å². The van der Waals surface area contributed by atoms with Gasteiger partial charge in [0.15, 0.2) is 0 Å². The molecule has 1 N–H and O–H groups in total. The van der Waals surface area contributed by atoms with Gasteiger partial charge in [-0.05, 0) is 31.8 Å². The minimum atomic E-state index is -0.729. The van der Waals surface area contributed by atoms with E-state index in [1.807, 2.05) is 0 Å². The first-order valence-electron chi connectivity index (χ1n) is 4.19. The molecule has 0 spiro atoms. The van der Waals surface area contributed by atoms with Crippen LogP contribution < -0.4 is 0 Å². The molecule has 0 saturated heterocycles. The number of allylic oxidation sites excluding steroid dienone is 1. The molecule has 1 rings (SSSR count). The molecular formula is C9H13BrO2. The topological polar surface area (TPSA) is 37.3 Å². The molecule has 0 aliphatic heterocycles. The predicted octanol–water partition coefficient (Wildman–Crippen LogP) is 2.58. The van der Waals surface area contributed by atoms with E-state index in [1.54, 1.807) is 6.92 Å². The van der Waals surface area contributed by atoms with Crippen LogP contribution in [0, 0.1) is 5.92 Å². The summed E-state index contributed by atoms with van der Waals surface area (Å²) in [5.74, 6) is -1.07. The van der Waals surface area contributed by atoms with Gasteiger partial charge in [0.2, 0.25) is 0 Å². The lowest BCUT2D eigenvalue weighted by molar-refractivity contribution is -0.139. The van der Waals surface area contributed by atoms with Gasteiger partial charge in [-0.3, -0.25) is 4.79 Å². The number of carboxylic acids is 1. The van der Waals surface area contributed by atoms with Crippen LogP contribution in [0.5, 0.6) is 0 Å². The highest BCUT2D eigenvalue weighted by Crippen LogP contribution is 2.30. The molecular weight excluding hydrogens is 220 g/mol. The van der Waals surface area contributed by atoms with E-state index in [1.165, 1.54) is 0 Å². The average molecular weight is 233 g/mol. The number of carbonyl (C=O) groups is 1. The second-order valence-corrected chi connectivity index (χ2v) is 4.27. The minimum absolute atomic E-state index is 0.275. The molecule has 1 aliphatic carbocycles. The normalized spacial score (nSPS) is 26.2. The second kappa shape index (κ2) is 4.08. The van der Waals surface area contributed by atoms with E-state index in [0.717, 1.165) is 24.8 Å². The Kier molecular flexibility index (Phi) is 3.32. The van der Waals surface area contributed by atoms with Crippen LogP contribution >= 0.6 is 15.9 Å². The van der Waals surface area contributed by atoms with Crippen molar-refractivity contribution in [1.82, 2.24) is 0 Å². The highest BCUT2D eigenvalue weighted by molar-refractivity contribution is 9.09. The van der Waals surface area contributed by atoms with Gasteiger partial charge in [0.1, 0.15) is 0 Å². The lowest BCUT2D eigenvalue weighted by atomic mass is 9.90. The predicted molar refractivity (Wildman–Crippen MR) is 51.4 cm³/mol. The number of halogens is 1. The number of hydrogen-bond acceptors (Lipinski definition) is 1. The molecule has 0 bridgehead atoms. The molecule has 3 heteroatoms. The SMILES string of the molecule is CC(C(=O)O)C1=CCCCC1Br. The zero-order chi connectivity index (χ0) is 9.14. The Labute approximate surface area is 80.8 Å². The molecule has 2 atom stereocenters. The summed E-state index contributed by atoms with van der Waals surface area (Å²) in [6.07, 6.45) is 5.30. The summed E-state index contributed by atoms with van der Waals surface area (Å²) in [7, 11) is 0. The van der Waals surface area contributed by atoms with Gasteiger partial charge in [0.05, 0.1) is 5.92 Å². The molecule has 0 fully saturated rings. The van der Waals surface area contributed by atoms with Crippen LogP contribution in [-0.4, -0.2) is 15.9 Å². The van der Waals surface area contributed by atoms with Crippen molar-refractivity contribution >= 4 is 21.9 Å². The summed E-state index contributed by atoms with van der Waals surface area (Å²) in [4.78, 5) is 11.0. The number of rotatable bonds is 2. The first kappa shape index (κ1) is 9.78. The van der Waals surface area contributed by atoms with Crippen molar-refractivity contribution in [2.45, 2.75) is 31.0 Å². The van der Waals surface area contributed by atoms with Gasteiger partial charge >= 0.3 is 5.97 Å². The van der Waals surface area contributed by atoms with Gasteiger partial charge in [-0.2, -0.15) is 0 Å². The van der Waals surface area contributed by atoms with Gasteiger partial charge in [-0.1, -0.05) is 22.0 Å². The molecule has 68 valence electrons. The van der Waals surface area contributed by atoms with E-state index in [4.69, 9.17) is 5.11 Å². The molecule has 2 nitrogen and oxygen atoms in total. The van der Waals surface area contributed by atoms with Crippen LogP contribution in [0.25, 0.3) is 0 Å². The number of hydrogen-bond donors (Lipinski definition) is 1. The molecule has 0 heterocycles. The van der Waals surface area contributed by atoms with Gasteiger partial charge in [-0.15, -0.1) is 0 Å². The van der Waals surface area contributed by atoms with E-state index in [0.29, 0.717) is 0 Å². The van der Waals surface area contributed by atoms with Gasteiger partial charge in [-0.25, -0.2) is 0 Å². The zero-order valence-corrected chi connectivity index (χ0v) is 8.67. The van der Waals surface area contributed by atoms with Crippen LogP contribution in [0.15, 0.2) is 11.6 Å². The summed E-state index contributed by atoms with van der Waals surface area (Å²) < 4.78 is 0. The van der Waals surface area contributed by atoms with Crippen molar-refractivity contribution in [2.24, 2.45) is 5.92 Å². The van der Waals surface area contributed by atoms with Crippen molar-refractivity contribution < 1.29 is 9.90 Å². The highest BCUT2D eigenvalue weighted by atomic mass is 79.9. The number of aliphatic carboxylic acids is 1. The first-order valence-corrected chi connectivity index (χ1v) is 5.11. The zero-order valence-electron chi connectivity index (χ0n) is 7.09. The number of carboxylic acid groups (broad SMARTS) is 1. The summed E-state index contributed by atoms with van der Waals surface area (Å²) in [5.41, 5.74) is 1.04. The van der Waals surface area contributed by atoms with Crippen LogP contribution in [0.4, 0.5) is 0 Å². The van der Waals surface area contributed by atoms with E-state index < -0.39 is 5.97 Å². The number of alkyl halides is 1. The fraction of sp³-hybridized carbons (Fsp3) is 0.667. The third kappa shape index (κ3) is 2.09. The molecule has 0 aromatic heterocycles. The van der Waals surface area contributed by atoms with Crippen molar-refractivity contribution in [1.29, 1.82) is 0 Å². The first-order chi connectivity index (χ1) is 5.63. The van der Waals surface area contributed by atoms with E-state index in [2.05, 4.69) is 22.0 Å². The van der Waals surface area contributed by atoms with E-state index >= 15 is 0 Å². The fourth-order valence-electron chi connectivity index (χ4n) is 1.45. The third-order valence-electron chi connectivity index (χ3n) is 2.27. The Morgan fingerprint density at radius 1 is 1.83 bits per heavy atom. The minimum Gasteiger partial charge on any atom is -0.481 e. The van der Waals surface area contributed by atoms with Crippen molar-refractivity contribution in [3.8, 4) is 0 Å². The molecule has 1 aliphatic rings. The Balaban J connectivity index is 2.71. The van der Waals surface area contributed by atoms with Crippen LogP contribution in [0.3, 0.4) is 0 Å². The van der Waals surface area contributed by atoms with Gasteiger partial charge in [0, 0.05) is 4.83 Å². The maximum atomic E-state index is 10.7. The fourth-order valence-corrected chi connectivity index (χ4v) is 2.36. The molecule has 12 heavy (non-hydrogen) atoms. The van der Waals surface area contributed by atoms with Gasteiger partial charge in [0.25, 0.3) is 0 Å². The van der Waals surface area contributed by atoms with Crippen molar-refractivity contribution in [3.05, 3.63) is 11.6 Å². The molecule has 0 aromatic carbocycles. The van der Waals surface area contributed by atoms with Crippen LogP contribution in [-0.2, 0) is 4.79 Å². The smallest absolute Gasteiger partial charge is 0.310 e. The maximum Gasteiger partial charge on any atom is 0.310 e. The maximum absolute atomic E-state index is 10.7. The molecule has 0 saturated carbocycles. The largest absolute Gasteiger partial charge is 0.481 e. The van der Waals surface area contributed by atoms with E-state index in [9.17, 15) is 4.79 Å².